The Morgan fingerprint density at radius 1 is 1.47 bits per heavy atom. The van der Waals surface area contributed by atoms with Crippen LogP contribution in [0.4, 0.5) is 0 Å². The SMILES string of the molecule is CCCC(CC)C(=O)NC1CCOC(C)(C)C1. The van der Waals surface area contributed by atoms with E-state index >= 15 is 0 Å². The summed E-state index contributed by atoms with van der Waals surface area (Å²) in [7, 11) is 0. The monoisotopic (exact) mass is 241 g/mol. The molecule has 3 heteroatoms. The van der Waals surface area contributed by atoms with Crippen LogP contribution in [0.5, 0.6) is 0 Å². The van der Waals surface area contributed by atoms with Crippen molar-refractivity contribution in [2.24, 2.45) is 5.92 Å². The van der Waals surface area contributed by atoms with E-state index in [1.165, 1.54) is 0 Å². The first kappa shape index (κ1) is 14.5. The molecule has 0 aromatic carbocycles. The van der Waals surface area contributed by atoms with Gasteiger partial charge < -0.3 is 10.1 Å². The fourth-order valence-corrected chi connectivity index (χ4v) is 2.54. The van der Waals surface area contributed by atoms with Crippen LogP contribution < -0.4 is 5.32 Å². The molecule has 1 N–H and O–H groups in total. The van der Waals surface area contributed by atoms with Gasteiger partial charge >= 0.3 is 0 Å². The summed E-state index contributed by atoms with van der Waals surface area (Å²) in [6.07, 6.45) is 4.87. The maximum atomic E-state index is 12.1. The molecule has 1 heterocycles. The van der Waals surface area contributed by atoms with Gasteiger partial charge in [-0.2, -0.15) is 0 Å². The highest BCUT2D eigenvalue weighted by atomic mass is 16.5. The Bertz CT molecular complexity index is 251. The van der Waals surface area contributed by atoms with E-state index in [-0.39, 0.29) is 23.5 Å². The summed E-state index contributed by atoms with van der Waals surface area (Å²) in [6, 6.07) is 0.289. The molecule has 2 atom stereocenters. The van der Waals surface area contributed by atoms with E-state index in [0.717, 1.165) is 38.7 Å². The number of ether oxygens (including phenoxy) is 1. The van der Waals surface area contributed by atoms with E-state index in [4.69, 9.17) is 4.74 Å². The largest absolute Gasteiger partial charge is 0.375 e. The minimum Gasteiger partial charge on any atom is -0.375 e. The predicted molar refractivity (Wildman–Crippen MR) is 69.9 cm³/mol. The topological polar surface area (TPSA) is 38.3 Å². The van der Waals surface area contributed by atoms with Crippen LogP contribution in [-0.4, -0.2) is 24.2 Å². The molecule has 0 radical (unpaired) electrons. The van der Waals surface area contributed by atoms with Crippen LogP contribution in [0.2, 0.25) is 0 Å². The Balaban J connectivity index is 2.44. The van der Waals surface area contributed by atoms with Crippen LogP contribution in [0.25, 0.3) is 0 Å². The van der Waals surface area contributed by atoms with Gasteiger partial charge in [-0.1, -0.05) is 20.3 Å². The highest BCUT2D eigenvalue weighted by molar-refractivity contribution is 5.78. The molecule has 0 aromatic rings. The minimum atomic E-state index is -0.0946. The molecule has 1 saturated heterocycles. The van der Waals surface area contributed by atoms with E-state index in [9.17, 15) is 4.79 Å². The smallest absolute Gasteiger partial charge is 0.223 e. The third kappa shape index (κ3) is 4.66. The average molecular weight is 241 g/mol. The van der Waals surface area contributed by atoms with Gasteiger partial charge in [0.15, 0.2) is 0 Å². The predicted octanol–water partition coefficient (Wildman–Crippen LogP) is 2.89. The van der Waals surface area contributed by atoms with E-state index in [2.05, 4.69) is 33.0 Å². The van der Waals surface area contributed by atoms with E-state index in [1.54, 1.807) is 0 Å². The Labute approximate surface area is 105 Å². The molecule has 0 saturated carbocycles. The van der Waals surface area contributed by atoms with Gasteiger partial charge in [0.05, 0.1) is 5.60 Å². The van der Waals surface area contributed by atoms with Gasteiger partial charge in [0.2, 0.25) is 5.91 Å². The molecule has 2 unspecified atom stereocenters. The Kier molecular flexibility index (Phi) is 5.44. The second-order valence-electron chi connectivity index (χ2n) is 5.70. The third-order valence-electron chi connectivity index (χ3n) is 3.54. The summed E-state index contributed by atoms with van der Waals surface area (Å²) in [5.74, 6) is 0.419. The van der Waals surface area contributed by atoms with Crippen molar-refractivity contribution in [3.63, 3.8) is 0 Å². The summed E-state index contributed by atoms with van der Waals surface area (Å²) in [5.41, 5.74) is -0.0946. The second kappa shape index (κ2) is 6.39. The molecule has 0 aromatic heterocycles. The molecule has 3 nitrogen and oxygen atoms in total. The summed E-state index contributed by atoms with van der Waals surface area (Å²) in [5, 5.41) is 3.19. The summed E-state index contributed by atoms with van der Waals surface area (Å²) >= 11 is 0. The average Bonchev–Trinajstić information content (AvgIpc) is 2.24. The molecule has 0 aliphatic carbocycles. The Morgan fingerprint density at radius 2 is 2.18 bits per heavy atom. The van der Waals surface area contributed by atoms with Crippen molar-refractivity contribution in [3.8, 4) is 0 Å². The number of rotatable bonds is 5. The Morgan fingerprint density at radius 3 is 2.71 bits per heavy atom. The van der Waals surface area contributed by atoms with E-state index in [0.29, 0.717) is 0 Å². The lowest BCUT2D eigenvalue weighted by molar-refractivity contribution is -0.128. The van der Waals surface area contributed by atoms with Crippen molar-refractivity contribution >= 4 is 5.91 Å². The normalized spacial score (nSPS) is 25.3. The minimum absolute atomic E-state index is 0.0946. The van der Waals surface area contributed by atoms with Crippen LogP contribution >= 0.6 is 0 Å². The molecular weight excluding hydrogens is 214 g/mol. The summed E-state index contributed by atoms with van der Waals surface area (Å²) in [6.45, 7) is 9.16. The number of carbonyl (C=O) groups excluding carboxylic acids is 1. The summed E-state index contributed by atoms with van der Waals surface area (Å²) in [4.78, 5) is 12.1. The molecule has 1 rings (SSSR count). The molecule has 17 heavy (non-hydrogen) atoms. The lowest BCUT2D eigenvalue weighted by Crippen LogP contribution is -2.47. The maximum absolute atomic E-state index is 12.1. The lowest BCUT2D eigenvalue weighted by Gasteiger charge is -2.36. The van der Waals surface area contributed by atoms with Gasteiger partial charge in [-0.15, -0.1) is 0 Å². The van der Waals surface area contributed by atoms with Crippen molar-refractivity contribution in [1.82, 2.24) is 5.32 Å². The van der Waals surface area contributed by atoms with Crippen LogP contribution in [0.15, 0.2) is 0 Å². The van der Waals surface area contributed by atoms with Gasteiger partial charge in [0.1, 0.15) is 0 Å². The standard InChI is InChI=1S/C14H27NO2/c1-5-7-11(6-2)13(16)15-12-8-9-17-14(3,4)10-12/h11-12H,5-10H2,1-4H3,(H,15,16). The maximum Gasteiger partial charge on any atom is 0.223 e. The molecule has 0 spiro atoms. The zero-order valence-corrected chi connectivity index (χ0v) is 11.7. The van der Waals surface area contributed by atoms with Gasteiger partial charge in [-0.25, -0.2) is 0 Å². The molecule has 1 amide bonds. The van der Waals surface area contributed by atoms with Gasteiger partial charge in [0.25, 0.3) is 0 Å². The lowest BCUT2D eigenvalue weighted by atomic mass is 9.92. The highest BCUT2D eigenvalue weighted by Crippen LogP contribution is 2.24. The zero-order valence-electron chi connectivity index (χ0n) is 11.7. The zero-order chi connectivity index (χ0) is 12.9. The second-order valence-corrected chi connectivity index (χ2v) is 5.70. The van der Waals surface area contributed by atoms with Crippen LogP contribution in [0.3, 0.4) is 0 Å². The van der Waals surface area contributed by atoms with E-state index < -0.39 is 0 Å². The van der Waals surface area contributed by atoms with Crippen molar-refractivity contribution < 1.29 is 9.53 Å². The van der Waals surface area contributed by atoms with Crippen molar-refractivity contribution in [1.29, 1.82) is 0 Å². The quantitative estimate of drug-likeness (QED) is 0.803. The molecule has 1 aliphatic rings. The molecular formula is C14H27NO2. The van der Waals surface area contributed by atoms with Crippen LogP contribution in [0, 0.1) is 5.92 Å². The number of amides is 1. The van der Waals surface area contributed by atoms with Crippen LogP contribution in [0.1, 0.15) is 59.8 Å². The van der Waals surface area contributed by atoms with Gasteiger partial charge in [-0.3, -0.25) is 4.79 Å². The van der Waals surface area contributed by atoms with Crippen molar-refractivity contribution in [3.05, 3.63) is 0 Å². The van der Waals surface area contributed by atoms with Gasteiger partial charge in [-0.05, 0) is 39.5 Å². The molecule has 1 aliphatic heterocycles. The number of nitrogens with one attached hydrogen (secondary N) is 1. The third-order valence-corrected chi connectivity index (χ3v) is 3.54. The Hall–Kier alpha value is -0.570. The van der Waals surface area contributed by atoms with Gasteiger partial charge in [0, 0.05) is 18.6 Å². The molecule has 0 bridgehead atoms. The first-order valence-corrected chi connectivity index (χ1v) is 6.93. The molecule has 1 fully saturated rings. The first-order chi connectivity index (χ1) is 7.98. The van der Waals surface area contributed by atoms with Crippen LogP contribution in [-0.2, 0) is 9.53 Å². The van der Waals surface area contributed by atoms with E-state index in [1.807, 2.05) is 0 Å². The van der Waals surface area contributed by atoms with Crippen molar-refractivity contribution in [2.45, 2.75) is 71.4 Å². The summed E-state index contributed by atoms with van der Waals surface area (Å²) < 4.78 is 5.66. The number of carbonyl (C=O) groups is 1. The highest BCUT2D eigenvalue weighted by Gasteiger charge is 2.30. The first-order valence-electron chi connectivity index (χ1n) is 6.93. The fraction of sp³-hybridized carbons (Fsp3) is 0.929. The fourth-order valence-electron chi connectivity index (χ4n) is 2.54. The van der Waals surface area contributed by atoms with Crippen molar-refractivity contribution in [2.75, 3.05) is 6.61 Å². The number of hydrogen-bond acceptors (Lipinski definition) is 2. The number of hydrogen-bond donors (Lipinski definition) is 1. The molecule has 100 valence electrons.